The Bertz CT molecular complexity index is 608. The maximum absolute atomic E-state index is 11.5. The summed E-state index contributed by atoms with van der Waals surface area (Å²) >= 11 is 0. The van der Waals surface area contributed by atoms with Crippen molar-refractivity contribution in [3.8, 4) is 0 Å². The van der Waals surface area contributed by atoms with E-state index in [4.69, 9.17) is 0 Å². The average molecular weight is 271 g/mol. The van der Waals surface area contributed by atoms with E-state index < -0.39 is 0 Å². The van der Waals surface area contributed by atoms with Gasteiger partial charge in [-0.25, -0.2) is 0 Å². The summed E-state index contributed by atoms with van der Waals surface area (Å²) in [6.07, 6.45) is 1.80. The summed E-state index contributed by atoms with van der Waals surface area (Å²) in [5.74, 6) is 0.113. The van der Waals surface area contributed by atoms with Gasteiger partial charge < -0.3 is 10.6 Å². The molecule has 20 heavy (non-hydrogen) atoms. The first kappa shape index (κ1) is 14.3. The second kappa shape index (κ2) is 6.37. The van der Waals surface area contributed by atoms with Crippen LogP contribution in [0.1, 0.15) is 19.4 Å². The maximum Gasteiger partial charge on any atom is 0.222 e. The van der Waals surface area contributed by atoms with Gasteiger partial charge in [0.15, 0.2) is 0 Å². The first-order valence-corrected chi connectivity index (χ1v) is 6.95. The van der Waals surface area contributed by atoms with E-state index >= 15 is 0 Å². The Kier molecular flexibility index (Phi) is 4.56. The van der Waals surface area contributed by atoms with Gasteiger partial charge in [0.25, 0.3) is 0 Å². The first-order chi connectivity index (χ1) is 9.58. The van der Waals surface area contributed by atoms with E-state index in [9.17, 15) is 4.79 Å². The zero-order chi connectivity index (χ0) is 14.5. The number of aryl methyl sites for hydroxylation is 1. The number of aromatic nitrogens is 1. The van der Waals surface area contributed by atoms with E-state index in [2.05, 4.69) is 34.7 Å². The van der Waals surface area contributed by atoms with E-state index in [1.807, 2.05) is 26.0 Å². The van der Waals surface area contributed by atoms with Gasteiger partial charge in [-0.3, -0.25) is 9.78 Å². The van der Waals surface area contributed by atoms with Crippen LogP contribution in [0.15, 0.2) is 30.5 Å². The third-order valence-electron chi connectivity index (χ3n) is 3.16. The number of nitrogens with one attached hydrogen (secondary N) is 2. The predicted molar refractivity (Wildman–Crippen MR) is 82.8 cm³/mol. The Morgan fingerprint density at radius 3 is 2.80 bits per heavy atom. The highest BCUT2D eigenvalue weighted by Gasteiger charge is 2.05. The largest absolute Gasteiger partial charge is 0.383 e. The molecule has 0 atom stereocenters. The topological polar surface area (TPSA) is 54.0 Å². The van der Waals surface area contributed by atoms with Gasteiger partial charge in [0, 0.05) is 36.3 Å². The highest BCUT2D eigenvalue weighted by atomic mass is 16.1. The van der Waals surface area contributed by atoms with Crippen molar-refractivity contribution in [1.82, 2.24) is 10.3 Å². The molecule has 4 heteroatoms. The van der Waals surface area contributed by atoms with Crippen LogP contribution in [0.4, 0.5) is 5.69 Å². The second-order valence-corrected chi connectivity index (χ2v) is 5.25. The maximum atomic E-state index is 11.5. The number of hydrogen-bond donors (Lipinski definition) is 2. The Morgan fingerprint density at radius 2 is 2.05 bits per heavy atom. The van der Waals surface area contributed by atoms with Crippen molar-refractivity contribution in [2.75, 3.05) is 18.4 Å². The quantitative estimate of drug-likeness (QED) is 0.822. The van der Waals surface area contributed by atoms with Gasteiger partial charge in [0.1, 0.15) is 0 Å². The molecular formula is C16H21N3O. The zero-order valence-electron chi connectivity index (χ0n) is 12.2. The first-order valence-electron chi connectivity index (χ1n) is 6.95. The molecular weight excluding hydrogens is 250 g/mol. The van der Waals surface area contributed by atoms with Gasteiger partial charge in [0.2, 0.25) is 5.91 Å². The molecule has 0 aliphatic carbocycles. The number of pyridine rings is 1. The molecule has 0 fully saturated rings. The zero-order valence-corrected chi connectivity index (χ0v) is 12.2. The predicted octanol–water partition coefficient (Wildman–Crippen LogP) is 2.73. The van der Waals surface area contributed by atoms with Crippen molar-refractivity contribution in [3.05, 3.63) is 36.0 Å². The monoisotopic (exact) mass is 271 g/mol. The summed E-state index contributed by atoms with van der Waals surface area (Å²) in [7, 11) is 0. The van der Waals surface area contributed by atoms with Crippen molar-refractivity contribution in [1.29, 1.82) is 0 Å². The fourth-order valence-corrected chi connectivity index (χ4v) is 2.00. The van der Waals surface area contributed by atoms with E-state index in [0.717, 1.165) is 16.6 Å². The highest BCUT2D eigenvalue weighted by Crippen LogP contribution is 2.22. The lowest BCUT2D eigenvalue weighted by Crippen LogP contribution is -2.31. The Morgan fingerprint density at radius 1 is 1.25 bits per heavy atom. The molecule has 1 aromatic heterocycles. The second-order valence-electron chi connectivity index (χ2n) is 5.25. The lowest BCUT2D eigenvalue weighted by Gasteiger charge is -2.11. The molecule has 2 rings (SSSR count). The third-order valence-corrected chi connectivity index (χ3v) is 3.16. The molecule has 0 saturated heterocycles. The Labute approximate surface area is 119 Å². The number of carbonyl (C=O) groups is 1. The van der Waals surface area contributed by atoms with E-state index in [-0.39, 0.29) is 11.8 Å². The van der Waals surface area contributed by atoms with Crippen molar-refractivity contribution in [2.45, 2.75) is 20.8 Å². The number of amides is 1. The number of fused-ring (bicyclic) bond motifs is 1. The smallest absolute Gasteiger partial charge is 0.222 e. The summed E-state index contributed by atoms with van der Waals surface area (Å²) in [5, 5.41) is 7.36. The minimum absolute atomic E-state index is 0.0272. The average Bonchev–Trinajstić information content (AvgIpc) is 2.43. The van der Waals surface area contributed by atoms with E-state index in [1.54, 1.807) is 6.20 Å². The van der Waals surface area contributed by atoms with Gasteiger partial charge in [-0.05, 0) is 25.1 Å². The SMILES string of the molecule is Cc1ccc2nccc(NCCNC(=O)C(C)C)c2c1. The van der Waals surface area contributed by atoms with Crippen LogP contribution in [0, 0.1) is 12.8 Å². The highest BCUT2D eigenvalue weighted by molar-refractivity contribution is 5.91. The summed E-state index contributed by atoms with van der Waals surface area (Å²) < 4.78 is 0. The molecule has 0 bridgehead atoms. The van der Waals surface area contributed by atoms with Crippen molar-refractivity contribution in [2.24, 2.45) is 5.92 Å². The van der Waals surface area contributed by atoms with Gasteiger partial charge in [0.05, 0.1) is 5.52 Å². The molecule has 106 valence electrons. The molecule has 0 aliphatic rings. The van der Waals surface area contributed by atoms with Crippen LogP contribution in [0.3, 0.4) is 0 Å². The molecule has 2 aromatic rings. The molecule has 0 spiro atoms. The number of anilines is 1. The van der Waals surface area contributed by atoms with Crippen LogP contribution in [-0.2, 0) is 4.79 Å². The van der Waals surface area contributed by atoms with Gasteiger partial charge in [-0.1, -0.05) is 25.5 Å². The molecule has 1 heterocycles. The van der Waals surface area contributed by atoms with E-state index in [0.29, 0.717) is 13.1 Å². The fraction of sp³-hybridized carbons (Fsp3) is 0.375. The van der Waals surface area contributed by atoms with Crippen molar-refractivity contribution >= 4 is 22.5 Å². The number of nitrogens with zero attached hydrogens (tertiary/aromatic N) is 1. The molecule has 1 aromatic carbocycles. The molecule has 4 nitrogen and oxygen atoms in total. The molecule has 0 aliphatic heterocycles. The van der Waals surface area contributed by atoms with Crippen LogP contribution in [0.2, 0.25) is 0 Å². The minimum atomic E-state index is 0.0272. The number of benzene rings is 1. The number of rotatable bonds is 5. The molecule has 0 unspecified atom stereocenters. The van der Waals surface area contributed by atoms with Crippen molar-refractivity contribution < 1.29 is 4.79 Å². The summed E-state index contributed by atoms with van der Waals surface area (Å²) in [6.45, 7) is 7.17. The van der Waals surface area contributed by atoms with Crippen LogP contribution < -0.4 is 10.6 Å². The van der Waals surface area contributed by atoms with Crippen LogP contribution in [0.25, 0.3) is 10.9 Å². The third kappa shape index (κ3) is 3.47. The Hall–Kier alpha value is -2.10. The standard InChI is InChI=1S/C16H21N3O/c1-11(2)16(20)19-9-8-18-15-6-7-17-14-5-4-12(3)10-13(14)15/h4-7,10-11H,8-9H2,1-3H3,(H,17,18)(H,19,20). The normalized spacial score (nSPS) is 10.8. The summed E-state index contributed by atoms with van der Waals surface area (Å²) in [4.78, 5) is 15.8. The van der Waals surface area contributed by atoms with Crippen LogP contribution in [0.5, 0.6) is 0 Å². The van der Waals surface area contributed by atoms with Gasteiger partial charge in [-0.15, -0.1) is 0 Å². The van der Waals surface area contributed by atoms with Crippen molar-refractivity contribution in [3.63, 3.8) is 0 Å². The number of carbonyl (C=O) groups excluding carboxylic acids is 1. The summed E-state index contributed by atoms with van der Waals surface area (Å²) in [6, 6.07) is 8.17. The van der Waals surface area contributed by atoms with Crippen LogP contribution >= 0.6 is 0 Å². The fourth-order valence-electron chi connectivity index (χ4n) is 2.00. The number of hydrogen-bond acceptors (Lipinski definition) is 3. The molecule has 0 radical (unpaired) electrons. The summed E-state index contributed by atoms with van der Waals surface area (Å²) in [5.41, 5.74) is 3.24. The molecule has 0 saturated carbocycles. The lowest BCUT2D eigenvalue weighted by molar-refractivity contribution is -0.123. The van der Waals surface area contributed by atoms with Gasteiger partial charge >= 0.3 is 0 Å². The molecule has 2 N–H and O–H groups in total. The molecule has 1 amide bonds. The lowest BCUT2D eigenvalue weighted by atomic mass is 10.1. The Balaban J connectivity index is 2.00. The van der Waals surface area contributed by atoms with Gasteiger partial charge in [-0.2, -0.15) is 0 Å². The van der Waals surface area contributed by atoms with Crippen LogP contribution in [-0.4, -0.2) is 24.0 Å². The minimum Gasteiger partial charge on any atom is -0.383 e. The van der Waals surface area contributed by atoms with E-state index in [1.165, 1.54) is 5.56 Å².